The van der Waals surface area contributed by atoms with Crippen LogP contribution < -0.4 is 5.32 Å². The van der Waals surface area contributed by atoms with Gasteiger partial charge in [-0.05, 0) is 79.4 Å². The van der Waals surface area contributed by atoms with E-state index >= 15 is 0 Å². The van der Waals surface area contributed by atoms with Crippen LogP contribution in [0.15, 0.2) is 97.2 Å². The van der Waals surface area contributed by atoms with Crippen LogP contribution in [0.3, 0.4) is 0 Å². The van der Waals surface area contributed by atoms with Gasteiger partial charge in [0.2, 0.25) is 0 Å². The number of aromatic amines is 1. The van der Waals surface area contributed by atoms with Gasteiger partial charge in [0.05, 0.1) is 28.7 Å². The molecule has 0 bridgehead atoms. The van der Waals surface area contributed by atoms with Crippen LogP contribution in [0.5, 0.6) is 0 Å². The summed E-state index contributed by atoms with van der Waals surface area (Å²) in [5.74, 6) is 0.154. The fraction of sp³-hybridized carbons (Fsp3) is 0.143. The molecule has 200 valence electrons. The number of benzene rings is 4. The molecule has 2 aromatic heterocycles. The highest BCUT2D eigenvalue weighted by molar-refractivity contribution is 6.11. The standard InChI is InChI=1S/C35H29N5O/c1-22(41)17-23-7-14-28(15-8-23)38-29-6-4-5-25(18-29)26-11-16-31-30(19-26)33-32(20-37-31)39-40-34(33)24-9-12-27(13-10-24)35(2,3)21-36/h4-16,18-20,38H,17H2,1-3H3,(H,39,40). The second-order valence-corrected chi connectivity index (χ2v) is 10.9. The summed E-state index contributed by atoms with van der Waals surface area (Å²) in [6, 6.07) is 33.0. The fourth-order valence-corrected chi connectivity index (χ4v) is 5.14. The van der Waals surface area contributed by atoms with Gasteiger partial charge in [-0.3, -0.25) is 14.9 Å². The molecule has 4 aromatic carbocycles. The highest BCUT2D eigenvalue weighted by Gasteiger charge is 2.20. The highest BCUT2D eigenvalue weighted by Crippen LogP contribution is 2.35. The van der Waals surface area contributed by atoms with Gasteiger partial charge in [0.15, 0.2) is 0 Å². The Morgan fingerprint density at radius 2 is 1.63 bits per heavy atom. The Morgan fingerprint density at radius 3 is 2.37 bits per heavy atom. The van der Waals surface area contributed by atoms with E-state index in [1.165, 1.54) is 0 Å². The molecule has 6 nitrogen and oxygen atoms in total. The molecule has 41 heavy (non-hydrogen) atoms. The topological polar surface area (TPSA) is 94.5 Å². The van der Waals surface area contributed by atoms with Crippen LogP contribution in [0, 0.1) is 11.3 Å². The molecule has 2 heterocycles. The van der Waals surface area contributed by atoms with Gasteiger partial charge in [0, 0.05) is 34.1 Å². The summed E-state index contributed by atoms with van der Waals surface area (Å²) < 4.78 is 0. The Kier molecular flexibility index (Phi) is 6.56. The smallest absolute Gasteiger partial charge is 0.134 e. The molecule has 0 amide bonds. The lowest BCUT2D eigenvalue weighted by atomic mass is 9.86. The van der Waals surface area contributed by atoms with Gasteiger partial charge in [-0.15, -0.1) is 0 Å². The van der Waals surface area contributed by atoms with Crippen molar-refractivity contribution < 1.29 is 4.79 Å². The number of nitrogens with zero attached hydrogens (tertiary/aromatic N) is 3. The minimum atomic E-state index is -0.556. The van der Waals surface area contributed by atoms with E-state index in [9.17, 15) is 10.1 Å². The number of aromatic nitrogens is 3. The minimum Gasteiger partial charge on any atom is -0.356 e. The third-order valence-corrected chi connectivity index (χ3v) is 7.44. The molecule has 0 aliphatic carbocycles. The van der Waals surface area contributed by atoms with Crippen LogP contribution in [0.25, 0.3) is 44.2 Å². The van der Waals surface area contributed by atoms with Crippen molar-refractivity contribution in [1.82, 2.24) is 15.2 Å². The first-order chi connectivity index (χ1) is 19.8. The van der Waals surface area contributed by atoms with E-state index in [2.05, 4.69) is 50.8 Å². The second kappa shape index (κ2) is 10.4. The molecule has 0 unspecified atom stereocenters. The summed E-state index contributed by atoms with van der Waals surface area (Å²) in [4.78, 5) is 16.1. The maximum absolute atomic E-state index is 11.4. The number of ketones is 1. The van der Waals surface area contributed by atoms with Gasteiger partial charge in [0.1, 0.15) is 11.5 Å². The van der Waals surface area contributed by atoms with E-state index in [1.807, 2.05) is 86.8 Å². The van der Waals surface area contributed by atoms with E-state index in [4.69, 9.17) is 0 Å². The fourth-order valence-electron chi connectivity index (χ4n) is 5.14. The van der Waals surface area contributed by atoms with Crippen LogP contribution >= 0.6 is 0 Å². The predicted octanol–water partition coefficient (Wildman–Crippen LogP) is 8.12. The van der Waals surface area contributed by atoms with Gasteiger partial charge in [-0.1, -0.05) is 54.6 Å². The summed E-state index contributed by atoms with van der Waals surface area (Å²) >= 11 is 0. The number of rotatable bonds is 7. The average Bonchev–Trinajstić information content (AvgIpc) is 3.43. The van der Waals surface area contributed by atoms with Gasteiger partial charge >= 0.3 is 0 Å². The monoisotopic (exact) mass is 535 g/mol. The second-order valence-electron chi connectivity index (χ2n) is 10.9. The Morgan fingerprint density at radius 1 is 0.902 bits per heavy atom. The summed E-state index contributed by atoms with van der Waals surface area (Å²) in [7, 11) is 0. The molecule has 0 aliphatic rings. The number of nitriles is 1. The van der Waals surface area contributed by atoms with E-state index in [0.717, 1.165) is 66.7 Å². The van der Waals surface area contributed by atoms with Crippen LogP contribution in [0.4, 0.5) is 11.4 Å². The number of carbonyl (C=O) groups excluding carboxylic acids is 1. The van der Waals surface area contributed by atoms with Crippen molar-refractivity contribution in [2.24, 2.45) is 0 Å². The van der Waals surface area contributed by atoms with Crippen molar-refractivity contribution in [3.05, 3.63) is 108 Å². The summed E-state index contributed by atoms with van der Waals surface area (Å²) in [6.07, 6.45) is 2.27. The zero-order valence-corrected chi connectivity index (χ0v) is 23.2. The van der Waals surface area contributed by atoms with Gasteiger partial charge in [-0.25, -0.2) is 0 Å². The molecule has 0 spiro atoms. The first kappa shape index (κ1) is 26.0. The normalized spacial score (nSPS) is 11.5. The van der Waals surface area contributed by atoms with E-state index < -0.39 is 5.41 Å². The summed E-state index contributed by atoms with van der Waals surface area (Å²) in [5.41, 5.74) is 9.11. The lowest BCUT2D eigenvalue weighted by Gasteiger charge is -2.15. The predicted molar refractivity (Wildman–Crippen MR) is 165 cm³/mol. The van der Waals surface area contributed by atoms with E-state index in [-0.39, 0.29) is 5.78 Å². The van der Waals surface area contributed by atoms with Crippen molar-refractivity contribution in [3.8, 4) is 28.5 Å². The zero-order valence-electron chi connectivity index (χ0n) is 23.2. The zero-order chi connectivity index (χ0) is 28.6. The Hall–Kier alpha value is -5.28. The largest absolute Gasteiger partial charge is 0.356 e. The maximum atomic E-state index is 11.4. The molecule has 0 saturated carbocycles. The molecular formula is C35H29N5O. The van der Waals surface area contributed by atoms with Crippen LogP contribution in [0.1, 0.15) is 31.9 Å². The maximum Gasteiger partial charge on any atom is 0.134 e. The lowest BCUT2D eigenvalue weighted by Crippen LogP contribution is -2.13. The molecule has 0 saturated heterocycles. The quantitative estimate of drug-likeness (QED) is 0.215. The molecule has 6 aromatic rings. The van der Waals surface area contributed by atoms with Crippen LogP contribution in [-0.2, 0) is 16.6 Å². The molecule has 0 fully saturated rings. The molecule has 6 heteroatoms. The van der Waals surface area contributed by atoms with E-state index in [0.29, 0.717) is 6.42 Å². The summed E-state index contributed by atoms with van der Waals surface area (Å²) in [6.45, 7) is 5.45. The first-order valence-corrected chi connectivity index (χ1v) is 13.6. The third kappa shape index (κ3) is 5.18. The molecule has 0 atom stereocenters. The lowest BCUT2D eigenvalue weighted by molar-refractivity contribution is -0.116. The van der Waals surface area contributed by atoms with Gasteiger partial charge < -0.3 is 5.32 Å². The first-order valence-electron chi connectivity index (χ1n) is 13.6. The van der Waals surface area contributed by atoms with Crippen molar-refractivity contribution in [1.29, 1.82) is 5.26 Å². The molecule has 0 aliphatic heterocycles. The Labute approximate surface area is 238 Å². The number of hydrogen-bond donors (Lipinski definition) is 2. The Balaban J connectivity index is 1.35. The van der Waals surface area contributed by atoms with Gasteiger partial charge in [-0.2, -0.15) is 10.4 Å². The number of anilines is 2. The number of H-pyrrole nitrogens is 1. The number of nitrogens with one attached hydrogen (secondary N) is 2. The van der Waals surface area contributed by atoms with Crippen molar-refractivity contribution in [3.63, 3.8) is 0 Å². The molecule has 2 N–H and O–H groups in total. The third-order valence-electron chi connectivity index (χ3n) is 7.44. The number of hydrogen-bond acceptors (Lipinski definition) is 5. The minimum absolute atomic E-state index is 0.154. The van der Waals surface area contributed by atoms with E-state index in [1.54, 1.807) is 6.92 Å². The van der Waals surface area contributed by atoms with Crippen LogP contribution in [-0.4, -0.2) is 21.0 Å². The number of fused-ring (bicyclic) bond motifs is 3. The van der Waals surface area contributed by atoms with Crippen molar-refractivity contribution >= 4 is 39.0 Å². The van der Waals surface area contributed by atoms with Gasteiger partial charge in [0.25, 0.3) is 0 Å². The molecule has 6 rings (SSSR count). The highest BCUT2D eigenvalue weighted by atomic mass is 16.1. The Bertz CT molecular complexity index is 1940. The summed E-state index contributed by atoms with van der Waals surface area (Å²) in [5, 5.41) is 22.8. The molecule has 0 radical (unpaired) electrons. The number of carbonyl (C=O) groups is 1. The number of Topliss-reactive ketones (excluding diaryl/α,β-unsaturated/α-hetero) is 1. The van der Waals surface area contributed by atoms with Crippen LogP contribution in [0.2, 0.25) is 0 Å². The SMILES string of the molecule is CC(=O)Cc1ccc(Nc2cccc(-c3ccc4ncc5[nH]nc(-c6ccc(C(C)(C)C#N)cc6)c5c4c3)c2)cc1. The number of pyridine rings is 1. The average molecular weight is 536 g/mol. The van der Waals surface area contributed by atoms with Crippen molar-refractivity contribution in [2.75, 3.05) is 5.32 Å². The molecular weight excluding hydrogens is 506 g/mol. The van der Waals surface area contributed by atoms with Crippen molar-refractivity contribution in [2.45, 2.75) is 32.6 Å².